The summed E-state index contributed by atoms with van der Waals surface area (Å²) in [7, 11) is 1.71. The van der Waals surface area contributed by atoms with E-state index in [1.807, 2.05) is 43.5 Å². The molecule has 0 bridgehead atoms. The van der Waals surface area contributed by atoms with E-state index in [0.29, 0.717) is 47.7 Å². The molecule has 0 spiro atoms. The smallest absolute Gasteiger partial charge is 0.404 e. The minimum atomic E-state index is -1.04. The molecule has 0 aliphatic heterocycles. The summed E-state index contributed by atoms with van der Waals surface area (Å²) in [5, 5.41) is 12.9. The zero-order chi connectivity index (χ0) is 31.5. The Morgan fingerprint density at radius 3 is 2.36 bits per heavy atom. The molecule has 2 N–H and O–H groups in total. The van der Waals surface area contributed by atoms with E-state index in [0.717, 1.165) is 46.4 Å². The lowest BCUT2D eigenvalue weighted by Crippen LogP contribution is -2.28. The second kappa shape index (κ2) is 16.3. The number of aromatic nitrogens is 1. The Morgan fingerprint density at radius 2 is 1.68 bits per heavy atom. The molecule has 4 aromatic rings. The van der Waals surface area contributed by atoms with E-state index in [9.17, 15) is 9.90 Å². The number of methoxy groups -OCH3 is 1. The van der Waals surface area contributed by atoms with Gasteiger partial charge in [0.1, 0.15) is 19.0 Å². The summed E-state index contributed by atoms with van der Waals surface area (Å²) in [4.78, 5) is 16.1. The van der Waals surface area contributed by atoms with Gasteiger partial charge in [-0.1, -0.05) is 53.5 Å². The number of aryl methyl sites for hydroxylation is 3. The van der Waals surface area contributed by atoms with Crippen LogP contribution in [0.1, 0.15) is 40.2 Å². The topological polar surface area (TPSA) is 89.9 Å². The first-order chi connectivity index (χ1) is 21.2. The van der Waals surface area contributed by atoms with E-state index in [-0.39, 0.29) is 12.5 Å². The highest BCUT2D eigenvalue weighted by Crippen LogP contribution is 2.34. The number of benzene rings is 3. The molecule has 1 atom stereocenters. The van der Waals surface area contributed by atoms with Gasteiger partial charge in [-0.3, -0.25) is 4.98 Å². The molecule has 232 valence electrons. The average Bonchev–Trinajstić information content (AvgIpc) is 2.99. The molecule has 1 aromatic heterocycles. The lowest BCUT2D eigenvalue weighted by atomic mass is 9.87. The van der Waals surface area contributed by atoms with Crippen molar-refractivity contribution in [3.05, 3.63) is 111 Å². The van der Waals surface area contributed by atoms with Crippen LogP contribution in [0.15, 0.2) is 72.9 Å². The summed E-state index contributed by atoms with van der Waals surface area (Å²) in [6.07, 6.45) is 3.22. The molecular formula is C35H38Cl2N2O5. The number of hydrogen-bond acceptors (Lipinski definition) is 5. The Morgan fingerprint density at radius 1 is 0.955 bits per heavy atom. The minimum absolute atomic E-state index is 0.0609. The summed E-state index contributed by atoms with van der Waals surface area (Å²) in [6.45, 7) is 5.58. The largest absolute Gasteiger partial charge is 0.490 e. The zero-order valence-electron chi connectivity index (χ0n) is 25.2. The molecule has 0 aliphatic carbocycles. The van der Waals surface area contributed by atoms with Crippen molar-refractivity contribution in [1.29, 1.82) is 0 Å². The van der Waals surface area contributed by atoms with Crippen LogP contribution in [0, 0.1) is 13.8 Å². The predicted molar refractivity (Wildman–Crippen MR) is 176 cm³/mol. The second-order valence-electron chi connectivity index (χ2n) is 10.7. The van der Waals surface area contributed by atoms with Gasteiger partial charge in [-0.25, -0.2) is 4.79 Å². The van der Waals surface area contributed by atoms with Gasteiger partial charge < -0.3 is 24.6 Å². The first kappa shape index (κ1) is 33.1. The quantitative estimate of drug-likeness (QED) is 0.128. The number of pyridine rings is 1. The number of amides is 1. The monoisotopic (exact) mass is 636 g/mol. The van der Waals surface area contributed by atoms with Crippen LogP contribution in [0.3, 0.4) is 0 Å². The van der Waals surface area contributed by atoms with Gasteiger partial charge in [0.15, 0.2) is 5.75 Å². The molecule has 4 rings (SSSR count). The standard InChI is InChI=1S/C35H38Cl2N2O5/c1-23-18-31(36)34(32(37)19-23)44-17-16-43-29-11-8-25(9-12-29)21-28(22-39-35(40)41)30-13-10-27(20-24(30)2)33-26(6-4-14-38-33)7-5-15-42-3/h4,6,8-14,18-20,28,39H,5,7,15-17,21-22H2,1-3H3,(H,40,41). The van der Waals surface area contributed by atoms with Gasteiger partial charge in [0.25, 0.3) is 0 Å². The van der Waals surface area contributed by atoms with E-state index >= 15 is 0 Å². The number of ether oxygens (including phenoxy) is 3. The fraction of sp³-hybridized carbons (Fsp3) is 0.314. The normalized spacial score (nSPS) is 11.7. The van der Waals surface area contributed by atoms with Crippen molar-refractivity contribution in [2.45, 2.75) is 39.0 Å². The zero-order valence-corrected chi connectivity index (χ0v) is 26.8. The van der Waals surface area contributed by atoms with Crippen LogP contribution < -0.4 is 14.8 Å². The maximum atomic E-state index is 11.4. The number of rotatable bonds is 15. The van der Waals surface area contributed by atoms with Crippen molar-refractivity contribution >= 4 is 29.3 Å². The molecule has 9 heteroatoms. The van der Waals surface area contributed by atoms with Crippen molar-refractivity contribution in [3.63, 3.8) is 0 Å². The van der Waals surface area contributed by atoms with Crippen molar-refractivity contribution in [3.8, 4) is 22.8 Å². The Labute approximate surface area is 269 Å². The molecule has 3 aromatic carbocycles. The summed E-state index contributed by atoms with van der Waals surface area (Å²) in [5.74, 6) is 1.09. The van der Waals surface area contributed by atoms with Crippen LogP contribution in [0.5, 0.6) is 11.5 Å². The Balaban J connectivity index is 1.42. The van der Waals surface area contributed by atoms with E-state index in [4.69, 9.17) is 37.4 Å². The van der Waals surface area contributed by atoms with Crippen LogP contribution in [-0.2, 0) is 17.6 Å². The number of halogens is 2. The van der Waals surface area contributed by atoms with Gasteiger partial charge in [0, 0.05) is 37.9 Å². The lowest BCUT2D eigenvalue weighted by Gasteiger charge is -2.21. The van der Waals surface area contributed by atoms with Crippen molar-refractivity contribution in [1.82, 2.24) is 10.3 Å². The van der Waals surface area contributed by atoms with Gasteiger partial charge in [-0.05, 0) is 97.3 Å². The van der Waals surface area contributed by atoms with Crippen LogP contribution in [0.4, 0.5) is 4.79 Å². The third kappa shape index (κ3) is 9.36. The van der Waals surface area contributed by atoms with E-state index in [1.54, 1.807) is 19.2 Å². The van der Waals surface area contributed by atoms with Gasteiger partial charge in [-0.2, -0.15) is 0 Å². The van der Waals surface area contributed by atoms with Crippen molar-refractivity contribution in [2.24, 2.45) is 0 Å². The maximum Gasteiger partial charge on any atom is 0.404 e. The van der Waals surface area contributed by atoms with Gasteiger partial charge in [-0.15, -0.1) is 0 Å². The molecule has 1 heterocycles. The lowest BCUT2D eigenvalue weighted by molar-refractivity contribution is 0.193. The molecule has 0 saturated carbocycles. The maximum absolute atomic E-state index is 11.4. The number of carboxylic acid groups (broad SMARTS) is 1. The fourth-order valence-electron chi connectivity index (χ4n) is 5.22. The summed E-state index contributed by atoms with van der Waals surface area (Å²) in [6, 6.07) is 21.8. The Kier molecular flexibility index (Phi) is 12.3. The molecule has 0 saturated heterocycles. The van der Waals surface area contributed by atoms with E-state index in [2.05, 4.69) is 41.5 Å². The van der Waals surface area contributed by atoms with E-state index < -0.39 is 6.09 Å². The van der Waals surface area contributed by atoms with Crippen molar-refractivity contribution in [2.75, 3.05) is 33.5 Å². The molecular weight excluding hydrogens is 599 g/mol. The van der Waals surface area contributed by atoms with Crippen LogP contribution in [0.25, 0.3) is 11.3 Å². The first-order valence-electron chi connectivity index (χ1n) is 14.6. The van der Waals surface area contributed by atoms with Crippen molar-refractivity contribution < 1.29 is 24.1 Å². The number of nitrogens with zero attached hydrogens (tertiary/aromatic N) is 1. The summed E-state index contributed by atoms with van der Waals surface area (Å²) < 4.78 is 16.8. The third-order valence-corrected chi connectivity index (χ3v) is 7.88. The molecule has 1 amide bonds. The third-order valence-electron chi connectivity index (χ3n) is 7.32. The fourth-order valence-corrected chi connectivity index (χ4v) is 5.93. The second-order valence-corrected chi connectivity index (χ2v) is 11.5. The number of hydrogen-bond donors (Lipinski definition) is 2. The van der Waals surface area contributed by atoms with E-state index in [1.165, 1.54) is 5.56 Å². The summed E-state index contributed by atoms with van der Waals surface area (Å²) in [5.41, 5.74) is 7.39. The highest BCUT2D eigenvalue weighted by atomic mass is 35.5. The van der Waals surface area contributed by atoms with Gasteiger partial charge >= 0.3 is 6.09 Å². The van der Waals surface area contributed by atoms with Crippen LogP contribution in [0.2, 0.25) is 10.0 Å². The molecule has 7 nitrogen and oxygen atoms in total. The van der Waals surface area contributed by atoms with Crippen LogP contribution >= 0.6 is 23.2 Å². The predicted octanol–water partition coefficient (Wildman–Crippen LogP) is 8.30. The molecule has 0 radical (unpaired) electrons. The Bertz CT molecular complexity index is 1520. The first-order valence-corrected chi connectivity index (χ1v) is 15.3. The average molecular weight is 638 g/mol. The molecule has 1 unspecified atom stereocenters. The number of nitrogens with one attached hydrogen (secondary N) is 1. The SMILES string of the molecule is COCCCc1cccnc1-c1ccc(C(CNC(=O)O)Cc2ccc(OCCOc3c(Cl)cc(C)cc3Cl)cc2)c(C)c1. The van der Waals surface area contributed by atoms with Gasteiger partial charge in [0.2, 0.25) is 0 Å². The summed E-state index contributed by atoms with van der Waals surface area (Å²) >= 11 is 12.5. The van der Waals surface area contributed by atoms with Gasteiger partial charge in [0.05, 0.1) is 15.7 Å². The minimum Gasteiger partial charge on any atom is -0.490 e. The molecule has 44 heavy (non-hydrogen) atoms. The molecule has 0 fully saturated rings. The Hall–Kier alpha value is -3.78. The highest BCUT2D eigenvalue weighted by molar-refractivity contribution is 6.37. The number of carbonyl (C=O) groups is 1. The highest BCUT2D eigenvalue weighted by Gasteiger charge is 2.18. The molecule has 0 aliphatic rings. The van der Waals surface area contributed by atoms with Crippen LogP contribution in [-0.4, -0.2) is 49.7 Å².